The molecule has 0 saturated carbocycles. The molecule has 5 heteroatoms. The summed E-state index contributed by atoms with van der Waals surface area (Å²) in [6.07, 6.45) is 7.41. The first-order valence-corrected chi connectivity index (χ1v) is 8.92. The van der Waals surface area contributed by atoms with E-state index in [0.29, 0.717) is 0 Å². The molecule has 0 bridgehead atoms. The van der Waals surface area contributed by atoms with Gasteiger partial charge in [0.1, 0.15) is 0 Å². The van der Waals surface area contributed by atoms with Crippen LogP contribution in [0.4, 0.5) is 0 Å². The Balaban J connectivity index is 1.97. The monoisotopic (exact) mass is 312 g/mol. The van der Waals surface area contributed by atoms with Crippen LogP contribution in [0, 0.1) is 5.92 Å². The summed E-state index contributed by atoms with van der Waals surface area (Å²) >= 11 is 0. The van der Waals surface area contributed by atoms with Crippen LogP contribution in [-0.4, -0.2) is 64.3 Å². The highest BCUT2D eigenvalue weighted by Gasteiger charge is 2.14. The van der Waals surface area contributed by atoms with E-state index >= 15 is 0 Å². The van der Waals surface area contributed by atoms with Crippen molar-refractivity contribution in [3.8, 4) is 0 Å². The van der Waals surface area contributed by atoms with Crippen LogP contribution >= 0.6 is 0 Å². The fourth-order valence-corrected chi connectivity index (χ4v) is 2.77. The molecule has 0 aromatic heterocycles. The first-order valence-electron chi connectivity index (χ1n) is 8.92. The van der Waals surface area contributed by atoms with Gasteiger partial charge in [0, 0.05) is 33.9 Å². The van der Waals surface area contributed by atoms with Crippen molar-refractivity contribution in [3.05, 3.63) is 0 Å². The molecule has 1 heterocycles. The molecule has 1 rings (SSSR count). The van der Waals surface area contributed by atoms with E-state index in [4.69, 9.17) is 4.74 Å². The molecule has 0 amide bonds. The zero-order valence-electron chi connectivity index (χ0n) is 14.9. The molecule has 5 nitrogen and oxygen atoms in total. The van der Waals surface area contributed by atoms with E-state index in [-0.39, 0.29) is 0 Å². The summed E-state index contributed by atoms with van der Waals surface area (Å²) in [5, 5.41) is 6.78. The van der Waals surface area contributed by atoms with Crippen LogP contribution in [0.5, 0.6) is 0 Å². The van der Waals surface area contributed by atoms with Gasteiger partial charge in [0.05, 0.1) is 0 Å². The molecule has 0 aromatic carbocycles. The summed E-state index contributed by atoms with van der Waals surface area (Å²) in [6, 6.07) is 0. The van der Waals surface area contributed by atoms with Crippen molar-refractivity contribution < 1.29 is 4.74 Å². The van der Waals surface area contributed by atoms with Gasteiger partial charge >= 0.3 is 0 Å². The lowest BCUT2D eigenvalue weighted by Gasteiger charge is -2.30. The number of likely N-dealkylation sites (tertiary alicyclic amines) is 1. The number of guanidine groups is 1. The van der Waals surface area contributed by atoms with Crippen molar-refractivity contribution >= 4 is 5.96 Å². The molecular weight excluding hydrogens is 276 g/mol. The molecule has 1 aliphatic heterocycles. The second-order valence-electron chi connectivity index (χ2n) is 6.36. The highest BCUT2D eigenvalue weighted by Crippen LogP contribution is 2.15. The number of rotatable bonds is 10. The van der Waals surface area contributed by atoms with Gasteiger partial charge in [-0.25, -0.2) is 0 Å². The van der Waals surface area contributed by atoms with E-state index in [1.165, 1.54) is 45.3 Å². The van der Waals surface area contributed by atoms with Gasteiger partial charge in [-0.1, -0.05) is 6.92 Å². The molecule has 0 spiro atoms. The predicted octanol–water partition coefficient (Wildman–Crippen LogP) is 2.09. The maximum atomic E-state index is 5.05. The average molecular weight is 313 g/mol. The van der Waals surface area contributed by atoms with E-state index in [1.54, 1.807) is 7.11 Å². The largest absolute Gasteiger partial charge is 0.385 e. The number of piperidine rings is 1. The number of hydrogen-bond acceptors (Lipinski definition) is 3. The summed E-state index contributed by atoms with van der Waals surface area (Å²) in [5.41, 5.74) is 0. The van der Waals surface area contributed by atoms with Gasteiger partial charge in [0.15, 0.2) is 5.96 Å². The van der Waals surface area contributed by atoms with Crippen molar-refractivity contribution in [3.63, 3.8) is 0 Å². The quantitative estimate of drug-likeness (QED) is 0.368. The Kier molecular flexibility index (Phi) is 11.1. The highest BCUT2D eigenvalue weighted by atomic mass is 16.5. The van der Waals surface area contributed by atoms with Gasteiger partial charge in [-0.05, 0) is 64.1 Å². The van der Waals surface area contributed by atoms with Crippen LogP contribution in [-0.2, 0) is 4.74 Å². The van der Waals surface area contributed by atoms with E-state index in [2.05, 4.69) is 27.4 Å². The van der Waals surface area contributed by atoms with Gasteiger partial charge in [-0.15, -0.1) is 0 Å². The molecule has 1 saturated heterocycles. The van der Waals surface area contributed by atoms with Crippen LogP contribution in [0.1, 0.15) is 45.4 Å². The normalized spacial score (nSPS) is 17.7. The van der Waals surface area contributed by atoms with Crippen LogP contribution in [0.15, 0.2) is 4.99 Å². The fourth-order valence-electron chi connectivity index (χ4n) is 2.77. The fraction of sp³-hybridized carbons (Fsp3) is 0.941. The zero-order valence-corrected chi connectivity index (χ0v) is 14.9. The van der Waals surface area contributed by atoms with Crippen LogP contribution in [0.3, 0.4) is 0 Å². The van der Waals surface area contributed by atoms with Crippen LogP contribution < -0.4 is 10.6 Å². The Morgan fingerprint density at radius 3 is 2.41 bits per heavy atom. The molecule has 130 valence electrons. The number of nitrogens with zero attached hydrogens (tertiary/aromatic N) is 2. The molecular formula is C17H36N4O. The third kappa shape index (κ3) is 9.26. The van der Waals surface area contributed by atoms with Crippen LogP contribution in [0.25, 0.3) is 0 Å². The minimum absolute atomic E-state index is 0.863. The number of nitrogens with one attached hydrogen (secondary N) is 2. The number of hydrogen-bond donors (Lipinski definition) is 2. The van der Waals surface area contributed by atoms with Gasteiger partial charge in [-0.2, -0.15) is 0 Å². The number of ether oxygens (including phenoxy) is 1. The van der Waals surface area contributed by atoms with Gasteiger partial charge in [0.25, 0.3) is 0 Å². The van der Waals surface area contributed by atoms with E-state index in [9.17, 15) is 0 Å². The van der Waals surface area contributed by atoms with Crippen LogP contribution in [0.2, 0.25) is 0 Å². The maximum Gasteiger partial charge on any atom is 0.190 e. The van der Waals surface area contributed by atoms with Crippen molar-refractivity contribution in [2.75, 3.05) is 53.5 Å². The van der Waals surface area contributed by atoms with Crippen molar-refractivity contribution in [1.82, 2.24) is 15.5 Å². The lowest BCUT2D eigenvalue weighted by atomic mass is 9.99. The molecule has 0 atom stereocenters. The van der Waals surface area contributed by atoms with Gasteiger partial charge in [0.2, 0.25) is 0 Å². The Morgan fingerprint density at radius 2 is 1.77 bits per heavy atom. The molecule has 2 N–H and O–H groups in total. The minimum atomic E-state index is 0.863. The van der Waals surface area contributed by atoms with Gasteiger partial charge < -0.3 is 20.3 Å². The molecule has 1 fully saturated rings. The first kappa shape index (κ1) is 19.2. The smallest absolute Gasteiger partial charge is 0.190 e. The lowest BCUT2D eigenvalue weighted by molar-refractivity contribution is 0.191. The number of unbranched alkanes of at least 4 members (excludes halogenated alkanes) is 2. The summed E-state index contributed by atoms with van der Waals surface area (Å²) in [6.45, 7) is 8.95. The molecule has 22 heavy (non-hydrogen) atoms. The third-order valence-corrected chi connectivity index (χ3v) is 4.36. The standard InChI is InChI=1S/C17H36N4O/c1-16-8-13-21(14-9-16)12-7-11-20-17(18-2)19-10-5-4-6-15-22-3/h16H,4-15H2,1-3H3,(H2,18,19,20). The average Bonchev–Trinajstić information content (AvgIpc) is 2.54. The SMILES string of the molecule is CN=C(NCCCCCOC)NCCCN1CCC(C)CC1. The maximum absolute atomic E-state index is 5.05. The van der Waals surface area contributed by atoms with E-state index in [0.717, 1.165) is 44.4 Å². The van der Waals surface area contributed by atoms with E-state index < -0.39 is 0 Å². The third-order valence-electron chi connectivity index (χ3n) is 4.36. The lowest BCUT2D eigenvalue weighted by Crippen LogP contribution is -2.40. The molecule has 0 aliphatic carbocycles. The van der Waals surface area contributed by atoms with E-state index in [1.807, 2.05) is 7.05 Å². The Bertz CT molecular complexity index is 288. The molecule has 0 aromatic rings. The highest BCUT2D eigenvalue weighted by molar-refractivity contribution is 5.79. The van der Waals surface area contributed by atoms with Crippen molar-refractivity contribution in [2.24, 2.45) is 10.9 Å². The minimum Gasteiger partial charge on any atom is -0.385 e. The second kappa shape index (κ2) is 12.7. The summed E-state index contributed by atoms with van der Waals surface area (Å²) in [4.78, 5) is 6.86. The second-order valence-corrected chi connectivity index (χ2v) is 6.36. The van der Waals surface area contributed by atoms with Gasteiger partial charge in [-0.3, -0.25) is 4.99 Å². The van der Waals surface area contributed by atoms with Crippen molar-refractivity contribution in [1.29, 1.82) is 0 Å². The Hall–Kier alpha value is -0.810. The summed E-state index contributed by atoms with van der Waals surface area (Å²) in [7, 11) is 3.60. The summed E-state index contributed by atoms with van der Waals surface area (Å²) < 4.78 is 5.05. The molecule has 0 unspecified atom stereocenters. The van der Waals surface area contributed by atoms with Crippen molar-refractivity contribution in [2.45, 2.75) is 45.4 Å². The zero-order chi connectivity index (χ0) is 16.0. The topological polar surface area (TPSA) is 48.9 Å². The first-order chi connectivity index (χ1) is 10.8. The Labute approximate surface area is 136 Å². The molecule has 1 aliphatic rings. The Morgan fingerprint density at radius 1 is 1.09 bits per heavy atom. The number of aliphatic imine (C=N–C) groups is 1. The number of methoxy groups -OCH3 is 1. The predicted molar refractivity (Wildman–Crippen MR) is 94.5 cm³/mol. The summed E-state index contributed by atoms with van der Waals surface area (Å²) in [5.74, 6) is 1.85. The molecule has 0 radical (unpaired) electrons.